The maximum Gasteiger partial charge on any atom is 0.0271 e. The molecule has 0 fully saturated rings. The highest BCUT2D eigenvalue weighted by Crippen LogP contribution is 2.02. The van der Waals surface area contributed by atoms with Gasteiger partial charge >= 0.3 is 0 Å². The van der Waals surface area contributed by atoms with Crippen molar-refractivity contribution in [3.8, 4) is 0 Å². The summed E-state index contributed by atoms with van der Waals surface area (Å²) in [6, 6.07) is 4.11. The molecule has 0 unspecified atom stereocenters. The second-order valence-corrected chi connectivity index (χ2v) is 3.42. The van der Waals surface area contributed by atoms with Gasteiger partial charge in [0.1, 0.15) is 0 Å². The van der Waals surface area contributed by atoms with E-state index in [9.17, 15) is 0 Å². The predicted molar refractivity (Wildman–Crippen MR) is 58.9 cm³/mol. The van der Waals surface area contributed by atoms with E-state index in [4.69, 9.17) is 5.73 Å². The second kappa shape index (κ2) is 6.51. The monoisotopic (exact) mass is 193 g/mol. The molecule has 0 radical (unpaired) electrons. The van der Waals surface area contributed by atoms with E-state index in [1.807, 2.05) is 12.4 Å². The Balaban J connectivity index is 2.46. The van der Waals surface area contributed by atoms with Crippen LogP contribution in [0.3, 0.4) is 0 Å². The van der Waals surface area contributed by atoms with Crippen molar-refractivity contribution in [3.63, 3.8) is 0 Å². The van der Waals surface area contributed by atoms with Crippen molar-refractivity contribution in [3.05, 3.63) is 30.1 Å². The van der Waals surface area contributed by atoms with Gasteiger partial charge in [-0.25, -0.2) is 0 Å². The van der Waals surface area contributed by atoms with Crippen molar-refractivity contribution < 1.29 is 0 Å². The third kappa shape index (κ3) is 3.85. The Morgan fingerprint density at radius 2 is 2.00 bits per heavy atom. The van der Waals surface area contributed by atoms with Crippen molar-refractivity contribution in [1.29, 1.82) is 0 Å². The molecule has 0 aliphatic carbocycles. The molecular formula is C11H19N3. The van der Waals surface area contributed by atoms with Gasteiger partial charge in [-0.3, -0.25) is 9.88 Å². The minimum Gasteiger partial charge on any atom is -0.329 e. The number of rotatable bonds is 6. The van der Waals surface area contributed by atoms with Gasteiger partial charge in [-0.2, -0.15) is 0 Å². The summed E-state index contributed by atoms with van der Waals surface area (Å²) >= 11 is 0. The standard InChI is InChI=1S/C11H19N3/c1-2-8-14(9-5-12)10-11-3-6-13-7-4-11/h3-4,6-7H,2,5,8-10,12H2,1H3. The van der Waals surface area contributed by atoms with E-state index in [1.54, 1.807) is 0 Å². The number of hydrogen-bond acceptors (Lipinski definition) is 3. The summed E-state index contributed by atoms with van der Waals surface area (Å²) in [5.41, 5.74) is 6.87. The first-order valence-corrected chi connectivity index (χ1v) is 5.18. The molecule has 2 N–H and O–H groups in total. The highest BCUT2D eigenvalue weighted by Gasteiger charge is 2.02. The number of pyridine rings is 1. The Hall–Kier alpha value is -0.930. The Morgan fingerprint density at radius 3 is 2.57 bits per heavy atom. The summed E-state index contributed by atoms with van der Waals surface area (Å²) in [5.74, 6) is 0. The summed E-state index contributed by atoms with van der Waals surface area (Å²) in [7, 11) is 0. The lowest BCUT2D eigenvalue weighted by Gasteiger charge is -2.20. The zero-order valence-corrected chi connectivity index (χ0v) is 8.82. The fourth-order valence-corrected chi connectivity index (χ4v) is 1.52. The Kier molecular flexibility index (Phi) is 5.19. The lowest BCUT2D eigenvalue weighted by Crippen LogP contribution is -2.29. The first-order valence-electron chi connectivity index (χ1n) is 5.18. The molecule has 0 aliphatic heterocycles. The van der Waals surface area contributed by atoms with E-state index in [1.165, 1.54) is 12.0 Å². The Bertz CT molecular complexity index is 230. The molecule has 0 saturated carbocycles. The van der Waals surface area contributed by atoms with Crippen molar-refractivity contribution in [2.45, 2.75) is 19.9 Å². The van der Waals surface area contributed by atoms with Crippen molar-refractivity contribution >= 4 is 0 Å². The SMILES string of the molecule is CCCN(CCN)Cc1ccncc1. The van der Waals surface area contributed by atoms with Crippen LogP contribution in [0.5, 0.6) is 0 Å². The molecule has 0 aromatic carbocycles. The number of aromatic nitrogens is 1. The van der Waals surface area contributed by atoms with Gasteiger partial charge in [-0.15, -0.1) is 0 Å². The molecule has 78 valence electrons. The van der Waals surface area contributed by atoms with Crippen molar-refractivity contribution in [2.75, 3.05) is 19.6 Å². The second-order valence-electron chi connectivity index (χ2n) is 3.42. The third-order valence-corrected chi connectivity index (χ3v) is 2.14. The maximum absolute atomic E-state index is 5.56. The first kappa shape index (κ1) is 11.1. The van der Waals surface area contributed by atoms with Crippen LogP contribution in [-0.4, -0.2) is 29.5 Å². The summed E-state index contributed by atoms with van der Waals surface area (Å²) in [5, 5.41) is 0. The highest BCUT2D eigenvalue weighted by atomic mass is 15.1. The van der Waals surface area contributed by atoms with E-state index >= 15 is 0 Å². The smallest absolute Gasteiger partial charge is 0.0271 e. The molecule has 14 heavy (non-hydrogen) atoms. The van der Waals surface area contributed by atoms with E-state index in [0.29, 0.717) is 0 Å². The van der Waals surface area contributed by atoms with Crippen LogP contribution in [0.25, 0.3) is 0 Å². The molecular weight excluding hydrogens is 174 g/mol. The Morgan fingerprint density at radius 1 is 1.29 bits per heavy atom. The van der Waals surface area contributed by atoms with Crippen LogP contribution in [0.4, 0.5) is 0 Å². The average molecular weight is 193 g/mol. The number of nitrogens with two attached hydrogens (primary N) is 1. The van der Waals surface area contributed by atoms with Crippen LogP contribution in [0.2, 0.25) is 0 Å². The molecule has 1 aromatic heterocycles. The van der Waals surface area contributed by atoms with E-state index in [-0.39, 0.29) is 0 Å². The Labute approximate surface area is 85.9 Å². The lowest BCUT2D eigenvalue weighted by molar-refractivity contribution is 0.273. The number of hydrogen-bond donors (Lipinski definition) is 1. The van der Waals surface area contributed by atoms with Gasteiger partial charge in [0.05, 0.1) is 0 Å². The van der Waals surface area contributed by atoms with Gasteiger partial charge in [0, 0.05) is 32.0 Å². The van der Waals surface area contributed by atoms with Gasteiger partial charge in [0.15, 0.2) is 0 Å². The molecule has 0 bridgehead atoms. The lowest BCUT2D eigenvalue weighted by atomic mass is 10.2. The zero-order valence-electron chi connectivity index (χ0n) is 8.82. The highest BCUT2D eigenvalue weighted by molar-refractivity contribution is 5.09. The van der Waals surface area contributed by atoms with Crippen LogP contribution in [0.15, 0.2) is 24.5 Å². The quantitative estimate of drug-likeness (QED) is 0.739. The largest absolute Gasteiger partial charge is 0.329 e. The van der Waals surface area contributed by atoms with E-state index < -0.39 is 0 Å². The van der Waals surface area contributed by atoms with Crippen LogP contribution in [-0.2, 0) is 6.54 Å². The average Bonchev–Trinajstić information content (AvgIpc) is 2.20. The molecule has 0 aliphatic rings. The van der Waals surface area contributed by atoms with Crippen LogP contribution in [0.1, 0.15) is 18.9 Å². The normalized spacial score (nSPS) is 10.8. The molecule has 1 heterocycles. The predicted octanol–water partition coefficient (Wildman–Crippen LogP) is 1.25. The van der Waals surface area contributed by atoms with E-state index in [2.05, 4.69) is 28.9 Å². The van der Waals surface area contributed by atoms with E-state index in [0.717, 1.165) is 26.2 Å². The van der Waals surface area contributed by atoms with Crippen molar-refractivity contribution in [1.82, 2.24) is 9.88 Å². The maximum atomic E-state index is 5.56. The van der Waals surface area contributed by atoms with Crippen LogP contribution >= 0.6 is 0 Å². The molecule has 0 spiro atoms. The molecule has 1 rings (SSSR count). The van der Waals surface area contributed by atoms with Crippen molar-refractivity contribution in [2.24, 2.45) is 5.73 Å². The molecule has 0 amide bonds. The molecule has 0 saturated heterocycles. The summed E-state index contributed by atoms with van der Waals surface area (Å²) in [6.45, 7) is 5.98. The first-order chi connectivity index (χ1) is 6.86. The molecule has 3 nitrogen and oxygen atoms in total. The topological polar surface area (TPSA) is 42.1 Å². The zero-order chi connectivity index (χ0) is 10.2. The van der Waals surface area contributed by atoms with Gasteiger partial charge in [0.25, 0.3) is 0 Å². The summed E-state index contributed by atoms with van der Waals surface area (Å²) < 4.78 is 0. The van der Waals surface area contributed by atoms with Gasteiger partial charge < -0.3 is 5.73 Å². The molecule has 3 heteroatoms. The minimum atomic E-state index is 0.727. The van der Waals surface area contributed by atoms with Crippen LogP contribution < -0.4 is 5.73 Å². The van der Waals surface area contributed by atoms with Gasteiger partial charge in [0.2, 0.25) is 0 Å². The molecule has 0 atom stereocenters. The third-order valence-electron chi connectivity index (χ3n) is 2.14. The molecule has 1 aromatic rings. The fourth-order valence-electron chi connectivity index (χ4n) is 1.52. The van der Waals surface area contributed by atoms with Gasteiger partial charge in [-0.1, -0.05) is 6.92 Å². The van der Waals surface area contributed by atoms with Gasteiger partial charge in [-0.05, 0) is 30.7 Å². The summed E-state index contributed by atoms with van der Waals surface area (Å²) in [6.07, 6.45) is 4.84. The number of nitrogens with zero attached hydrogens (tertiary/aromatic N) is 2. The minimum absolute atomic E-state index is 0.727. The summed E-state index contributed by atoms with van der Waals surface area (Å²) in [4.78, 5) is 6.37. The fraction of sp³-hybridized carbons (Fsp3) is 0.545. The van der Waals surface area contributed by atoms with Crippen LogP contribution in [0, 0.1) is 0 Å².